The number of unbranched alkanes of at least 4 members (excludes halogenated alkanes) is 11. The van der Waals surface area contributed by atoms with Crippen molar-refractivity contribution in [3.05, 3.63) is 0 Å². The Kier molecular flexibility index (Phi) is 20.2. The lowest BCUT2D eigenvalue weighted by Crippen LogP contribution is -2.29. The summed E-state index contributed by atoms with van der Waals surface area (Å²) in [4.78, 5) is 15.2. The third-order valence-corrected chi connectivity index (χ3v) is 7.46. The van der Waals surface area contributed by atoms with E-state index >= 15 is 0 Å². The Morgan fingerprint density at radius 3 is 2.12 bits per heavy atom. The van der Waals surface area contributed by atoms with Crippen LogP contribution in [0.4, 0.5) is 0 Å². The van der Waals surface area contributed by atoms with Crippen LogP contribution in [0.3, 0.4) is 0 Å². The molecule has 0 aromatic heterocycles. The van der Waals surface area contributed by atoms with Crippen LogP contribution in [-0.2, 0) is 9.53 Å². The molecule has 1 aliphatic rings. The molecule has 1 fully saturated rings. The van der Waals surface area contributed by atoms with Gasteiger partial charge in [-0.05, 0) is 71.6 Å². The fourth-order valence-corrected chi connectivity index (χ4v) is 5.10. The van der Waals surface area contributed by atoms with Crippen molar-refractivity contribution < 1.29 is 9.53 Å². The number of esters is 1. The van der Waals surface area contributed by atoms with Crippen LogP contribution in [0, 0.1) is 5.92 Å². The normalized spacial score (nSPS) is 17.5. The number of nitrogens with one attached hydrogen (secondary N) is 1. The molecule has 0 amide bonds. The first-order chi connectivity index (χ1) is 16.2. The highest BCUT2D eigenvalue weighted by Crippen LogP contribution is 2.21. The highest BCUT2D eigenvalue weighted by atomic mass is 16.5. The number of ether oxygens (including phenoxy) is 1. The first kappa shape index (κ1) is 30.4. The average Bonchev–Trinajstić information content (AvgIpc) is 3.23. The summed E-state index contributed by atoms with van der Waals surface area (Å²) in [5, 5.41) is 3.61. The summed E-state index contributed by atoms with van der Waals surface area (Å²) in [6, 6.07) is 0.795. The molecule has 0 aromatic rings. The van der Waals surface area contributed by atoms with E-state index in [-0.39, 0.29) is 11.9 Å². The van der Waals surface area contributed by atoms with Gasteiger partial charge in [0.15, 0.2) is 0 Å². The van der Waals surface area contributed by atoms with E-state index in [0.29, 0.717) is 6.61 Å². The Labute approximate surface area is 207 Å². The molecule has 0 saturated carbocycles. The predicted molar refractivity (Wildman–Crippen MR) is 143 cm³/mol. The zero-order valence-corrected chi connectivity index (χ0v) is 22.7. The largest absolute Gasteiger partial charge is 0.465 e. The average molecular weight is 467 g/mol. The monoisotopic (exact) mass is 466 g/mol. The van der Waals surface area contributed by atoms with Gasteiger partial charge in [0.2, 0.25) is 0 Å². The summed E-state index contributed by atoms with van der Waals surface area (Å²) in [5.41, 5.74) is 0. The van der Waals surface area contributed by atoms with Gasteiger partial charge < -0.3 is 15.0 Å². The van der Waals surface area contributed by atoms with Gasteiger partial charge in [-0.25, -0.2) is 0 Å². The number of carbonyl (C=O) groups is 1. The maximum Gasteiger partial charge on any atom is 0.308 e. The van der Waals surface area contributed by atoms with Gasteiger partial charge in [0.05, 0.1) is 12.5 Å². The molecule has 1 aliphatic heterocycles. The molecular weight excluding hydrogens is 408 g/mol. The van der Waals surface area contributed by atoms with Crippen LogP contribution < -0.4 is 5.32 Å². The van der Waals surface area contributed by atoms with E-state index in [1.165, 1.54) is 109 Å². The molecule has 0 radical (unpaired) electrons. The molecule has 0 aliphatic carbocycles. The minimum atomic E-state index is 0.0820. The fourth-order valence-electron chi connectivity index (χ4n) is 5.10. The molecular formula is C29H58N2O2. The Morgan fingerprint density at radius 1 is 0.848 bits per heavy atom. The van der Waals surface area contributed by atoms with Crippen molar-refractivity contribution >= 4 is 5.97 Å². The second-order valence-corrected chi connectivity index (χ2v) is 10.5. The number of hydrogen-bond acceptors (Lipinski definition) is 4. The molecule has 4 heteroatoms. The quantitative estimate of drug-likeness (QED) is 0.125. The lowest BCUT2D eigenvalue weighted by atomic mass is 9.94. The molecule has 4 nitrogen and oxygen atoms in total. The SMILES string of the molecule is CCCCCCCCC(CCCCCC)C(=O)OCCCCCCNCCC1CCCN1C. The lowest BCUT2D eigenvalue weighted by Gasteiger charge is -2.19. The number of nitrogens with zero attached hydrogens (tertiary/aromatic N) is 1. The van der Waals surface area contributed by atoms with Crippen molar-refractivity contribution in [3.63, 3.8) is 0 Å². The van der Waals surface area contributed by atoms with Crippen molar-refractivity contribution in [1.82, 2.24) is 10.2 Å². The summed E-state index contributed by atoms with van der Waals surface area (Å²) in [6.07, 6.45) is 23.4. The van der Waals surface area contributed by atoms with Gasteiger partial charge in [0, 0.05) is 6.04 Å². The fraction of sp³-hybridized carbons (Fsp3) is 0.966. The number of rotatable bonds is 23. The van der Waals surface area contributed by atoms with Gasteiger partial charge in [-0.15, -0.1) is 0 Å². The topological polar surface area (TPSA) is 41.6 Å². The molecule has 1 N–H and O–H groups in total. The number of carbonyl (C=O) groups excluding carboxylic acids is 1. The van der Waals surface area contributed by atoms with Crippen molar-refractivity contribution in [1.29, 1.82) is 0 Å². The maximum atomic E-state index is 12.7. The molecule has 1 saturated heterocycles. The van der Waals surface area contributed by atoms with Crippen molar-refractivity contribution in [3.8, 4) is 0 Å². The Morgan fingerprint density at radius 2 is 1.45 bits per heavy atom. The minimum Gasteiger partial charge on any atom is -0.465 e. The van der Waals surface area contributed by atoms with Gasteiger partial charge in [-0.1, -0.05) is 90.9 Å². The molecule has 1 rings (SSSR count). The van der Waals surface area contributed by atoms with Crippen LogP contribution in [0.15, 0.2) is 0 Å². The summed E-state index contributed by atoms with van der Waals surface area (Å²) in [7, 11) is 2.26. The maximum absolute atomic E-state index is 12.7. The molecule has 1 heterocycles. The van der Waals surface area contributed by atoms with E-state index in [0.717, 1.165) is 38.4 Å². The second-order valence-electron chi connectivity index (χ2n) is 10.5. The van der Waals surface area contributed by atoms with Gasteiger partial charge in [0.25, 0.3) is 0 Å². The van der Waals surface area contributed by atoms with Gasteiger partial charge in [-0.3, -0.25) is 4.79 Å². The van der Waals surface area contributed by atoms with Crippen molar-refractivity contribution in [2.45, 2.75) is 142 Å². The Balaban J connectivity index is 2.04. The van der Waals surface area contributed by atoms with E-state index in [2.05, 4.69) is 31.1 Å². The molecule has 2 atom stereocenters. The lowest BCUT2D eigenvalue weighted by molar-refractivity contribution is -0.149. The van der Waals surface area contributed by atoms with Crippen LogP contribution in [0.1, 0.15) is 136 Å². The first-order valence-electron chi connectivity index (χ1n) is 14.8. The third-order valence-electron chi connectivity index (χ3n) is 7.46. The zero-order chi connectivity index (χ0) is 24.0. The molecule has 0 spiro atoms. The van der Waals surface area contributed by atoms with Crippen LogP contribution in [0.2, 0.25) is 0 Å². The summed E-state index contributed by atoms with van der Waals surface area (Å²) < 4.78 is 5.71. The van der Waals surface area contributed by atoms with Crippen LogP contribution in [-0.4, -0.2) is 50.2 Å². The van der Waals surface area contributed by atoms with Crippen molar-refractivity contribution in [2.24, 2.45) is 5.92 Å². The number of likely N-dealkylation sites (tertiary alicyclic amines) is 1. The molecule has 196 valence electrons. The summed E-state index contributed by atoms with van der Waals surface area (Å²) in [5.74, 6) is 0.217. The summed E-state index contributed by atoms with van der Waals surface area (Å²) in [6.45, 7) is 8.65. The van der Waals surface area contributed by atoms with Crippen molar-refractivity contribution in [2.75, 3.05) is 33.3 Å². The molecule has 33 heavy (non-hydrogen) atoms. The van der Waals surface area contributed by atoms with Crippen LogP contribution in [0.25, 0.3) is 0 Å². The zero-order valence-electron chi connectivity index (χ0n) is 22.7. The van der Waals surface area contributed by atoms with Crippen LogP contribution >= 0.6 is 0 Å². The third kappa shape index (κ3) is 16.6. The Hall–Kier alpha value is -0.610. The van der Waals surface area contributed by atoms with Crippen LogP contribution in [0.5, 0.6) is 0 Å². The predicted octanol–water partition coefficient (Wildman–Crippen LogP) is 7.50. The number of hydrogen-bond donors (Lipinski definition) is 1. The second kappa shape index (κ2) is 21.9. The highest BCUT2D eigenvalue weighted by Gasteiger charge is 2.20. The van der Waals surface area contributed by atoms with E-state index in [4.69, 9.17) is 4.74 Å². The molecule has 0 aromatic carbocycles. The summed E-state index contributed by atoms with van der Waals surface area (Å²) >= 11 is 0. The van der Waals surface area contributed by atoms with Gasteiger partial charge in [0.1, 0.15) is 0 Å². The standard InChI is InChI=1S/C29H58N2O2/c1-4-6-8-10-11-15-20-27(19-14-9-7-5-2)29(32)33-26-17-13-12-16-23-30-24-22-28-21-18-25-31(28)3/h27-28,30H,4-26H2,1-3H3. The van der Waals surface area contributed by atoms with E-state index in [9.17, 15) is 4.79 Å². The highest BCUT2D eigenvalue weighted by molar-refractivity contribution is 5.72. The van der Waals surface area contributed by atoms with E-state index < -0.39 is 0 Å². The van der Waals surface area contributed by atoms with E-state index in [1.54, 1.807) is 0 Å². The molecule has 2 unspecified atom stereocenters. The van der Waals surface area contributed by atoms with Gasteiger partial charge >= 0.3 is 5.97 Å². The first-order valence-corrected chi connectivity index (χ1v) is 14.8. The van der Waals surface area contributed by atoms with Gasteiger partial charge in [-0.2, -0.15) is 0 Å². The Bertz CT molecular complexity index is 443. The minimum absolute atomic E-state index is 0.0820. The smallest absolute Gasteiger partial charge is 0.308 e. The molecule has 0 bridgehead atoms. The van der Waals surface area contributed by atoms with E-state index in [1.807, 2.05) is 0 Å².